The highest BCUT2D eigenvalue weighted by molar-refractivity contribution is 7.19. The van der Waals surface area contributed by atoms with Gasteiger partial charge in [0.1, 0.15) is 0 Å². The second kappa shape index (κ2) is 4.55. The van der Waals surface area contributed by atoms with Crippen LogP contribution in [0.4, 0.5) is 0 Å². The first-order chi connectivity index (χ1) is 10.1. The van der Waals surface area contributed by atoms with Gasteiger partial charge in [-0.1, -0.05) is 48.6 Å². The Balaban J connectivity index is 1.96. The van der Waals surface area contributed by atoms with E-state index in [1.165, 1.54) is 31.7 Å². The van der Waals surface area contributed by atoms with Gasteiger partial charge in [-0.15, -0.1) is 11.3 Å². The SMILES string of the molecule is CC1(N)CC=Cc2c1sc1ccc(-c3ccccc3)cc21. The monoisotopic (exact) mass is 291 g/mol. The van der Waals surface area contributed by atoms with E-state index in [0.29, 0.717) is 0 Å². The zero-order valence-electron chi connectivity index (χ0n) is 12.0. The molecule has 0 bridgehead atoms. The van der Waals surface area contributed by atoms with Crippen LogP contribution in [0, 0.1) is 0 Å². The van der Waals surface area contributed by atoms with Crippen LogP contribution in [0.1, 0.15) is 23.8 Å². The largest absolute Gasteiger partial charge is 0.321 e. The Hall–Kier alpha value is -1.90. The van der Waals surface area contributed by atoms with Gasteiger partial charge < -0.3 is 5.73 Å². The van der Waals surface area contributed by atoms with Gasteiger partial charge in [-0.25, -0.2) is 0 Å². The van der Waals surface area contributed by atoms with E-state index < -0.39 is 0 Å². The van der Waals surface area contributed by atoms with Crippen molar-refractivity contribution in [1.29, 1.82) is 0 Å². The van der Waals surface area contributed by atoms with Crippen molar-refractivity contribution in [3.63, 3.8) is 0 Å². The van der Waals surface area contributed by atoms with Crippen molar-refractivity contribution in [3.05, 3.63) is 65.0 Å². The van der Waals surface area contributed by atoms with E-state index in [2.05, 4.69) is 67.6 Å². The topological polar surface area (TPSA) is 26.0 Å². The zero-order chi connectivity index (χ0) is 14.4. The summed E-state index contributed by atoms with van der Waals surface area (Å²) >= 11 is 1.83. The molecule has 0 saturated carbocycles. The van der Waals surface area contributed by atoms with Crippen LogP contribution in [0.2, 0.25) is 0 Å². The van der Waals surface area contributed by atoms with Crippen LogP contribution in [0.15, 0.2) is 54.6 Å². The molecule has 2 aromatic carbocycles. The van der Waals surface area contributed by atoms with Crippen molar-refractivity contribution in [1.82, 2.24) is 0 Å². The van der Waals surface area contributed by atoms with Crippen LogP contribution >= 0.6 is 11.3 Å². The third-order valence-corrected chi connectivity index (χ3v) is 5.64. The summed E-state index contributed by atoms with van der Waals surface area (Å²) in [4.78, 5) is 1.31. The first kappa shape index (κ1) is 12.8. The lowest BCUT2D eigenvalue weighted by atomic mass is 9.88. The highest BCUT2D eigenvalue weighted by Crippen LogP contribution is 2.43. The highest BCUT2D eigenvalue weighted by Gasteiger charge is 2.28. The summed E-state index contributed by atoms with van der Waals surface area (Å²) in [6.07, 6.45) is 5.35. The number of fused-ring (bicyclic) bond motifs is 3. The fourth-order valence-corrected chi connectivity index (χ4v) is 4.27. The van der Waals surface area contributed by atoms with E-state index in [9.17, 15) is 0 Å². The van der Waals surface area contributed by atoms with Gasteiger partial charge in [0.15, 0.2) is 0 Å². The van der Waals surface area contributed by atoms with E-state index in [-0.39, 0.29) is 5.54 Å². The smallest absolute Gasteiger partial charge is 0.0516 e. The van der Waals surface area contributed by atoms with Gasteiger partial charge in [0.05, 0.1) is 5.54 Å². The second-order valence-corrected chi connectivity index (χ2v) is 7.00. The van der Waals surface area contributed by atoms with Crippen LogP contribution in [0.3, 0.4) is 0 Å². The van der Waals surface area contributed by atoms with Crippen LogP contribution in [-0.4, -0.2) is 0 Å². The molecule has 0 saturated heterocycles. The molecule has 0 fully saturated rings. The maximum Gasteiger partial charge on any atom is 0.0516 e. The van der Waals surface area contributed by atoms with Gasteiger partial charge in [-0.3, -0.25) is 0 Å². The first-order valence-electron chi connectivity index (χ1n) is 7.23. The Morgan fingerprint density at radius 1 is 1.05 bits per heavy atom. The predicted octanol–water partition coefficient (Wildman–Crippen LogP) is 5.16. The zero-order valence-corrected chi connectivity index (χ0v) is 12.8. The van der Waals surface area contributed by atoms with Crippen molar-refractivity contribution in [2.24, 2.45) is 5.73 Å². The molecule has 1 heterocycles. The Morgan fingerprint density at radius 2 is 1.86 bits per heavy atom. The van der Waals surface area contributed by atoms with Crippen LogP contribution in [-0.2, 0) is 5.54 Å². The van der Waals surface area contributed by atoms with Gasteiger partial charge in [-0.05, 0) is 42.2 Å². The third-order valence-electron chi connectivity index (χ3n) is 4.18. The van der Waals surface area contributed by atoms with Gasteiger partial charge in [-0.2, -0.15) is 0 Å². The molecule has 3 aromatic rings. The van der Waals surface area contributed by atoms with Crippen molar-refractivity contribution >= 4 is 27.5 Å². The molecule has 21 heavy (non-hydrogen) atoms. The maximum atomic E-state index is 6.46. The summed E-state index contributed by atoms with van der Waals surface area (Å²) in [6, 6.07) is 17.3. The average molecular weight is 291 g/mol. The van der Waals surface area contributed by atoms with E-state index >= 15 is 0 Å². The molecule has 2 N–H and O–H groups in total. The summed E-state index contributed by atoms with van der Waals surface area (Å²) in [6.45, 7) is 2.13. The molecule has 4 rings (SSSR count). The lowest BCUT2D eigenvalue weighted by Crippen LogP contribution is -2.33. The molecular weight excluding hydrogens is 274 g/mol. The van der Waals surface area contributed by atoms with Crippen molar-refractivity contribution in [2.45, 2.75) is 18.9 Å². The van der Waals surface area contributed by atoms with Crippen molar-refractivity contribution in [2.75, 3.05) is 0 Å². The number of nitrogens with two attached hydrogens (primary N) is 1. The Bertz CT molecular complexity index is 841. The number of thiophene rings is 1. The predicted molar refractivity (Wildman–Crippen MR) is 92.5 cm³/mol. The van der Waals surface area contributed by atoms with Gasteiger partial charge in [0, 0.05) is 15.0 Å². The minimum atomic E-state index is -0.235. The number of hydrogen-bond donors (Lipinski definition) is 1. The molecule has 1 atom stereocenters. The summed E-state index contributed by atoms with van der Waals surface area (Å²) in [5, 5.41) is 1.32. The van der Waals surface area contributed by atoms with Crippen molar-refractivity contribution < 1.29 is 0 Å². The normalized spacial score (nSPS) is 20.7. The summed E-state index contributed by atoms with van der Waals surface area (Å²) < 4.78 is 1.32. The fourth-order valence-electron chi connectivity index (χ4n) is 3.03. The summed E-state index contributed by atoms with van der Waals surface area (Å²) in [7, 11) is 0. The number of benzene rings is 2. The molecule has 1 aromatic heterocycles. The second-order valence-electron chi connectivity index (χ2n) is 5.95. The molecule has 1 aliphatic rings. The molecule has 0 spiro atoms. The van der Waals surface area contributed by atoms with Crippen molar-refractivity contribution in [3.8, 4) is 11.1 Å². The standard InChI is InChI=1S/C19H17NS/c1-19(20)11-5-8-15-16-12-14(13-6-3-2-4-7-13)9-10-17(16)21-18(15)19/h2-10,12H,11,20H2,1H3. The Labute approximate surface area is 128 Å². The first-order valence-corrected chi connectivity index (χ1v) is 8.05. The number of hydrogen-bond acceptors (Lipinski definition) is 2. The van der Waals surface area contributed by atoms with E-state index in [0.717, 1.165) is 6.42 Å². The molecule has 2 heteroatoms. The lowest BCUT2D eigenvalue weighted by molar-refractivity contribution is 0.509. The third kappa shape index (κ3) is 2.03. The van der Waals surface area contributed by atoms with Gasteiger partial charge in [0.2, 0.25) is 0 Å². The highest BCUT2D eigenvalue weighted by atomic mass is 32.1. The molecule has 104 valence electrons. The fraction of sp³-hybridized carbons (Fsp3) is 0.158. The molecule has 0 amide bonds. The van der Waals surface area contributed by atoms with Crippen LogP contribution < -0.4 is 5.73 Å². The lowest BCUT2D eigenvalue weighted by Gasteiger charge is -2.25. The van der Waals surface area contributed by atoms with Crippen LogP contribution in [0.5, 0.6) is 0 Å². The summed E-state index contributed by atoms with van der Waals surface area (Å²) in [5.41, 5.74) is 10.1. The molecular formula is C19H17NS. The van der Waals surface area contributed by atoms with E-state index in [4.69, 9.17) is 5.73 Å². The summed E-state index contributed by atoms with van der Waals surface area (Å²) in [5.74, 6) is 0. The molecule has 0 aliphatic heterocycles. The van der Waals surface area contributed by atoms with Crippen LogP contribution in [0.25, 0.3) is 27.3 Å². The number of rotatable bonds is 1. The molecule has 1 unspecified atom stereocenters. The quantitative estimate of drug-likeness (QED) is 0.658. The minimum absolute atomic E-state index is 0.235. The molecule has 0 radical (unpaired) electrons. The van der Waals surface area contributed by atoms with E-state index in [1.807, 2.05) is 11.3 Å². The molecule has 1 nitrogen and oxygen atoms in total. The average Bonchev–Trinajstić information content (AvgIpc) is 2.88. The molecule has 1 aliphatic carbocycles. The van der Waals surface area contributed by atoms with Gasteiger partial charge >= 0.3 is 0 Å². The Morgan fingerprint density at radius 3 is 2.67 bits per heavy atom. The van der Waals surface area contributed by atoms with E-state index in [1.54, 1.807) is 0 Å². The van der Waals surface area contributed by atoms with Gasteiger partial charge in [0.25, 0.3) is 0 Å². The Kier molecular flexibility index (Phi) is 2.78. The maximum absolute atomic E-state index is 6.46. The minimum Gasteiger partial charge on any atom is -0.321 e.